The maximum atomic E-state index is 12.9. The van der Waals surface area contributed by atoms with Crippen molar-refractivity contribution in [3.05, 3.63) is 99.5 Å². The predicted molar refractivity (Wildman–Crippen MR) is 123 cm³/mol. The van der Waals surface area contributed by atoms with Gasteiger partial charge in [0.25, 0.3) is 11.8 Å². The van der Waals surface area contributed by atoms with E-state index < -0.39 is 17.8 Å². The molecule has 1 saturated heterocycles. The molecule has 0 aliphatic carbocycles. The summed E-state index contributed by atoms with van der Waals surface area (Å²) in [4.78, 5) is 38.3. The summed E-state index contributed by atoms with van der Waals surface area (Å²) in [5.41, 5.74) is 1.72. The van der Waals surface area contributed by atoms with Crippen LogP contribution in [0.3, 0.4) is 0 Å². The van der Waals surface area contributed by atoms with Crippen LogP contribution >= 0.6 is 23.2 Å². The van der Waals surface area contributed by atoms with Gasteiger partial charge in [0, 0.05) is 10.0 Å². The molecule has 1 heterocycles. The van der Waals surface area contributed by atoms with Gasteiger partial charge in [0.1, 0.15) is 17.9 Å². The Kier molecular flexibility index (Phi) is 6.25. The largest absolute Gasteiger partial charge is 0.489 e. The monoisotopic (exact) mass is 466 g/mol. The van der Waals surface area contributed by atoms with Gasteiger partial charge < -0.3 is 4.74 Å². The van der Waals surface area contributed by atoms with Crippen LogP contribution in [0.4, 0.5) is 10.5 Å². The molecule has 0 spiro atoms. The second-order valence-corrected chi connectivity index (χ2v) is 7.79. The van der Waals surface area contributed by atoms with E-state index in [0.717, 1.165) is 10.5 Å². The highest BCUT2D eigenvalue weighted by Gasteiger charge is 2.36. The van der Waals surface area contributed by atoms with Crippen molar-refractivity contribution < 1.29 is 19.1 Å². The maximum absolute atomic E-state index is 12.9. The molecule has 8 heteroatoms. The number of amides is 4. The average molecular weight is 467 g/mol. The van der Waals surface area contributed by atoms with Crippen LogP contribution in [0, 0.1) is 0 Å². The minimum atomic E-state index is -0.814. The van der Waals surface area contributed by atoms with Crippen LogP contribution in [-0.2, 0) is 16.2 Å². The number of halogens is 2. The molecular formula is C24H16Cl2N2O4. The van der Waals surface area contributed by atoms with Crippen molar-refractivity contribution in [2.24, 2.45) is 0 Å². The van der Waals surface area contributed by atoms with Crippen molar-refractivity contribution in [2.45, 2.75) is 6.61 Å². The third-order valence-corrected chi connectivity index (χ3v) is 5.20. The Morgan fingerprint density at radius 2 is 1.41 bits per heavy atom. The SMILES string of the molecule is O=C1NC(=O)N(c2ccc(Cl)cc2)C(=O)/C1=C\c1ccc(OCc2ccc(Cl)cc2)cc1. The van der Waals surface area contributed by atoms with Crippen molar-refractivity contribution in [1.29, 1.82) is 0 Å². The second-order valence-electron chi connectivity index (χ2n) is 6.92. The Morgan fingerprint density at radius 3 is 2.03 bits per heavy atom. The lowest BCUT2D eigenvalue weighted by atomic mass is 10.1. The molecule has 0 aromatic heterocycles. The van der Waals surface area contributed by atoms with Crippen LogP contribution in [0.1, 0.15) is 11.1 Å². The zero-order valence-electron chi connectivity index (χ0n) is 16.5. The number of nitrogens with zero attached hydrogens (tertiary/aromatic N) is 1. The molecule has 0 saturated carbocycles. The summed E-state index contributed by atoms with van der Waals surface area (Å²) in [6.07, 6.45) is 1.43. The Labute approximate surface area is 194 Å². The van der Waals surface area contributed by atoms with E-state index in [-0.39, 0.29) is 5.57 Å². The molecule has 160 valence electrons. The van der Waals surface area contributed by atoms with Gasteiger partial charge in [-0.3, -0.25) is 14.9 Å². The fraction of sp³-hybridized carbons (Fsp3) is 0.0417. The summed E-state index contributed by atoms with van der Waals surface area (Å²) < 4.78 is 5.74. The molecule has 0 atom stereocenters. The number of carbonyl (C=O) groups excluding carboxylic acids is 3. The molecule has 0 radical (unpaired) electrons. The van der Waals surface area contributed by atoms with Crippen molar-refractivity contribution in [3.8, 4) is 5.75 Å². The molecule has 4 rings (SSSR count). The van der Waals surface area contributed by atoms with Crippen LogP contribution < -0.4 is 15.0 Å². The van der Waals surface area contributed by atoms with Gasteiger partial charge in [0.2, 0.25) is 0 Å². The molecule has 6 nitrogen and oxygen atoms in total. The lowest BCUT2D eigenvalue weighted by molar-refractivity contribution is -0.122. The number of hydrogen-bond acceptors (Lipinski definition) is 4. The fourth-order valence-corrected chi connectivity index (χ4v) is 3.31. The first-order chi connectivity index (χ1) is 15.4. The van der Waals surface area contributed by atoms with Crippen LogP contribution in [-0.4, -0.2) is 17.8 Å². The molecule has 32 heavy (non-hydrogen) atoms. The summed E-state index contributed by atoms with van der Waals surface area (Å²) in [5.74, 6) is -0.850. The number of rotatable bonds is 5. The van der Waals surface area contributed by atoms with Crippen LogP contribution in [0.25, 0.3) is 6.08 Å². The molecule has 1 N–H and O–H groups in total. The smallest absolute Gasteiger partial charge is 0.335 e. The highest BCUT2D eigenvalue weighted by molar-refractivity contribution is 6.39. The minimum absolute atomic E-state index is 0.158. The third kappa shape index (κ3) is 4.82. The zero-order valence-corrected chi connectivity index (χ0v) is 18.1. The van der Waals surface area contributed by atoms with E-state index in [1.807, 2.05) is 12.1 Å². The number of ether oxygens (including phenoxy) is 1. The number of nitrogens with one attached hydrogen (secondary N) is 1. The Hall–Kier alpha value is -3.61. The van der Waals surface area contributed by atoms with Crippen molar-refractivity contribution in [3.63, 3.8) is 0 Å². The summed E-state index contributed by atoms with van der Waals surface area (Å²) in [5, 5.41) is 3.31. The highest BCUT2D eigenvalue weighted by atomic mass is 35.5. The predicted octanol–water partition coefficient (Wildman–Crippen LogP) is 5.24. The molecule has 0 unspecified atom stereocenters. The first-order valence-corrected chi connectivity index (χ1v) is 10.3. The van der Waals surface area contributed by atoms with Gasteiger partial charge in [-0.2, -0.15) is 0 Å². The van der Waals surface area contributed by atoms with Gasteiger partial charge in [-0.15, -0.1) is 0 Å². The van der Waals surface area contributed by atoms with Gasteiger partial charge >= 0.3 is 6.03 Å². The number of urea groups is 1. The normalized spacial score (nSPS) is 15.1. The number of imide groups is 2. The Bertz CT molecular complexity index is 1200. The Balaban J connectivity index is 1.50. The summed E-state index contributed by atoms with van der Waals surface area (Å²) >= 11 is 11.8. The van der Waals surface area contributed by atoms with Gasteiger partial charge in [0.15, 0.2) is 0 Å². The number of barbiturate groups is 1. The highest BCUT2D eigenvalue weighted by Crippen LogP contribution is 2.24. The molecular weight excluding hydrogens is 451 g/mol. The lowest BCUT2D eigenvalue weighted by Gasteiger charge is -2.26. The first kappa shape index (κ1) is 21.6. The second kappa shape index (κ2) is 9.26. The minimum Gasteiger partial charge on any atom is -0.489 e. The van der Waals surface area contributed by atoms with E-state index in [1.54, 1.807) is 48.5 Å². The standard InChI is InChI=1S/C24H16Cl2N2O4/c25-17-5-1-16(2-6-17)14-32-20-11-3-15(4-12-20)13-21-22(29)27-24(31)28(23(21)30)19-9-7-18(26)8-10-19/h1-13H,14H2,(H,27,29,31)/b21-13-. The quantitative estimate of drug-likeness (QED) is 0.412. The van der Waals surface area contributed by atoms with E-state index >= 15 is 0 Å². The molecule has 3 aromatic rings. The summed E-state index contributed by atoms with van der Waals surface area (Å²) in [6, 6.07) is 19.6. The van der Waals surface area contributed by atoms with Gasteiger partial charge in [-0.25, -0.2) is 9.69 Å². The fourth-order valence-electron chi connectivity index (χ4n) is 3.06. The van der Waals surface area contributed by atoms with Gasteiger partial charge in [-0.05, 0) is 65.7 Å². The summed E-state index contributed by atoms with van der Waals surface area (Å²) in [6.45, 7) is 0.372. The molecule has 0 bridgehead atoms. The number of carbonyl (C=O) groups is 3. The molecule has 1 aliphatic heterocycles. The Morgan fingerprint density at radius 1 is 0.812 bits per heavy atom. The van der Waals surface area contributed by atoms with Crippen molar-refractivity contribution in [1.82, 2.24) is 5.32 Å². The van der Waals surface area contributed by atoms with Crippen molar-refractivity contribution in [2.75, 3.05) is 4.90 Å². The number of benzene rings is 3. The third-order valence-electron chi connectivity index (χ3n) is 4.70. The van der Waals surface area contributed by atoms with Gasteiger partial charge in [-0.1, -0.05) is 47.5 Å². The topological polar surface area (TPSA) is 75.7 Å². The average Bonchev–Trinajstić information content (AvgIpc) is 2.78. The lowest BCUT2D eigenvalue weighted by Crippen LogP contribution is -2.54. The first-order valence-electron chi connectivity index (χ1n) is 9.55. The van der Waals surface area contributed by atoms with E-state index in [0.29, 0.717) is 33.7 Å². The zero-order chi connectivity index (χ0) is 22.7. The molecule has 3 aromatic carbocycles. The van der Waals surface area contributed by atoms with Crippen molar-refractivity contribution >= 4 is 52.8 Å². The number of hydrogen-bond donors (Lipinski definition) is 1. The molecule has 4 amide bonds. The van der Waals surface area contributed by atoms with E-state index in [2.05, 4.69) is 5.32 Å². The van der Waals surface area contributed by atoms with Crippen LogP contribution in [0.2, 0.25) is 10.0 Å². The maximum Gasteiger partial charge on any atom is 0.335 e. The molecule has 1 aliphatic rings. The van der Waals surface area contributed by atoms with E-state index in [4.69, 9.17) is 27.9 Å². The van der Waals surface area contributed by atoms with E-state index in [1.165, 1.54) is 18.2 Å². The van der Waals surface area contributed by atoms with Crippen LogP contribution in [0.15, 0.2) is 78.4 Å². The number of anilines is 1. The van der Waals surface area contributed by atoms with Gasteiger partial charge in [0.05, 0.1) is 5.69 Å². The van der Waals surface area contributed by atoms with E-state index in [9.17, 15) is 14.4 Å². The van der Waals surface area contributed by atoms with Crippen LogP contribution in [0.5, 0.6) is 5.75 Å². The molecule has 1 fully saturated rings. The summed E-state index contributed by atoms with van der Waals surface area (Å²) in [7, 11) is 0.